The lowest BCUT2D eigenvalue weighted by atomic mass is 10.4. The van der Waals surface area contributed by atoms with Crippen LogP contribution in [0.1, 0.15) is 20.3 Å². The lowest BCUT2D eigenvalue weighted by Crippen LogP contribution is -2.20. The number of thioether (sulfide) groups is 1. The topological polar surface area (TPSA) is 34.1 Å². The molecule has 18 heavy (non-hydrogen) atoms. The Morgan fingerprint density at radius 3 is 3.00 bits per heavy atom. The van der Waals surface area contributed by atoms with Crippen LogP contribution >= 0.6 is 27.7 Å². The van der Waals surface area contributed by atoms with Gasteiger partial charge in [0, 0.05) is 29.6 Å². The summed E-state index contributed by atoms with van der Waals surface area (Å²) in [7, 11) is 0. The van der Waals surface area contributed by atoms with Crippen LogP contribution in [0.4, 0.5) is 0 Å². The number of ether oxygens (including phenoxy) is 1. The largest absolute Gasteiger partial charge is 0.379 e. The number of halogens is 1. The predicted molar refractivity (Wildman–Crippen MR) is 81.2 cm³/mol. The van der Waals surface area contributed by atoms with Crippen molar-refractivity contribution in [3.8, 4) is 0 Å². The summed E-state index contributed by atoms with van der Waals surface area (Å²) in [5.74, 6) is 1.03. The van der Waals surface area contributed by atoms with Crippen LogP contribution in [-0.2, 0) is 4.74 Å². The lowest BCUT2D eigenvalue weighted by molar-refractivity contribution is 0.0772. The van der Waals surface area contributed by atoms with Crippen molar-refractivity contribution in [3.05, 3.63) is 22.8 Å². The van der Waals surface area contributed by atoms with Crippen LogP contribution in [0.25, 0.3) is 0 Å². The maximum atomic E-state index is 5.47. The van der Waals surface area contributed by atoms with Crippen LogP contribution in [0, 0.1) is 0 Å². The summed E-state index contributed by atoms with van der Waals surface area (Å²) in [6, 6.07) is 3.95. The van der Waals surface area contributed by atoms with E-state index in [0.29, 0.717) is 6.10 Å². The molecule has 0 atom stereocenters. The molecule has 0 aliphatic carbocycles. The molecule has 1 heterocycles. The van der Waals surface area contributed by atoms with E-state index in [2.05, 4.69) is 40.1 Å². The first-order valence-electron chi connectivity index (χ1n) is 6.26. The molecular weight excluding hydrogens is 312 g/mol. The molecule has 0 saturated carbocycles. The summed E-state index contributed by atoms with van der Waals surface area (Å²) in [5, 5.41) is 4.46. The van der Waals surface area contributed by atoms with E-state index >= 15 is 0 Å². The second kappa shape index (κ2) is 9.78. The quantitative estimate of drug-likeness (QED) is 0.555. The SMILES string of the molecule is CC(C)OCCCNCCSc1ncccc1Br. The van der Waals surface area contributed by atoms with Gasteiger partial charge < -0.3 is 10.1 Å². The zero-order valence-electron chi connectivity index (χ0n) is 11.0. The van der Waals surface area contributed by atoms with Crippen molar-refractivity contribution in [2.24, 2.45) is 0 Å². The first kappa shape index (κ1) is 16.0. The van der Waals surface area contributed by atoms with Crippen molar-refractivity contribution < 1.29 is 4.74 Å². The van der Waals surface area contributed by atoms with Gasteiger partial charge in [0.15, 0.2) is 0 Å². The van der Waals surface area contributed by atoms with Crippen molar-refractivity contribution in [1.82, 2.24) is 10.3 Å². The fourth-order valence-electron chi connectivity index (χ4n) is 1.34. The molecule has 0 spiro atoms. The summed E-state index contributed by atoms with van der Waals surface area (Å²) in [4.78, 5) is 4.31. The maximum absolute atomic E-state index is 5.47. The number of hydrogen-bond acceptors (Lipinski definition) is 4. The van der Waals surface area contributed by atoms with Crippen LogP contribution in [0.5, 0.6) is 0 Å². The molecule has 0 unspecified atom stereocenters. The average Bonchev–Trinajstić information content (AvgIpc) is 2.34. The highest BCUT2D eigenvalue weighted by Crippen LogP contribution is 2.23. The normalized spacial score (nSPS) is 11.1. The van der Waals surface area contributed by atoms with Crippen molar-refractivity contribution >= 4 is 27.7 Å². The zero-order valence-corrected chi connectivity index (χ0v) is 13.4. The molecule has 0 bridgehead atoms. The van der Waals surface area contributed by atoms with E-state index < -0.39 is 0 Å². The number of aromatic nitrogens is 1. The van der Waals surface area contributed by atoms with Gasteiger partial charge in [-0.05, 0) is 54.9 Å². The predicted octanol–water partition coefficient (Wildman–Crippen LogP) is 3.34. The van der Waals surface area contributed by atoms with Crippen LogP contribution in [0.2, 0.25) is 0 Å². The lowest BCUT2D eigenvalue weighted by Gasteiger charge is -2.08. The van der Waals surface area contributed by atoms with Crippen LogP contribution < -0.4 is 5.32 Å². The van der Waals surface area contributed by atoms with E-state index in [0.717, 1.165) is 41.4 Å². The average molecular weight is 333 g/mol. The molecule has 1 aromatic rings. The Hall–Kier alpha value is -0.100. The molecule has 0 radical (unpaired) electrons. The number of pyridine rings is 1. The van der Waals surface area contributed by atoms with Crippen LogP contribution in [-0.4, -0.2) is 36.5 Å². The summed E-state index contributed by atoms with van der Waals surface area (Å²) in [5.41, 5.74) is 0. The van der Waals surface area contributed by atoms with E-state index in [1.54, 1.807) is 11.8 Å². The van der Waals surface area contributed by atoms with Gasteiger partial charge in [-0.3, -0.25) is 0 Å². The molecule has 1 aromatic heterocycles. The summed E-state index contributed by atoms with van der Waals surface area (Å²) in [6.07, 6.45) is 3.22. The van der Waals surface area contributed by atoms with Crippen LogP contribution in [0.15, 0.2) is 27.8 Å². The van der Waals surface area contributed by atoms with Crippen molar-refractivity contribution in [2.75, 3.05) is 25.4 Å². The second-order valence-corrected chi connectivity index (χ2v) is 6.10. The van der Waals surface area contributed by atoms with Crippen LogP contribution in [0.3, 0.4) is 0 Å². The van der Waals surface area contributed by atoms with Gasteiger partial charge in [0.25, 0.3) is 0 Å². The van der Waals surface area contributed by atoms with Gasteiger partial charge in [0.05, 0.1) is 6.10 Å². The smallest absolute Gasteiger partial charge is 0.110 e. The molecule has 0 amide bonds. The molecule has 0 fully saturated rings. The molecule has 0 aliphatic heterocycles. The number of nitrogens with zero attached hydrogens (tertiary/aromatic N) is 1. The minimum Gasteiger partial charge on any atom is -0.379 e. The standard InChI is InChI=1S/C13H21BrN2OS/c1-11(2)17-9-4-6-15-8-10-18-13-12(14)5-3-7-16-13/h3,5,7,11,15H,4,6,8-10H2,1-2H3. The van der Waals surface area contributed by atoms with E-state index in [9.17, 15) is 0 Å². The van der Waals surface area contributed by atoms with E-state index in [-0.39, 0.29) is 0 Å². The molecule has 5 heteroatoms. The Morgan fingerprint density at radius 1 is 1.44 bits per heavy atom. The highest BCUT2D eigenvalue weighted by atomic mass is 79.9. The molecular formula is C13H21BrN2OS. The fourth-order valence-corrected chi connectivity index (χ4v) is 2.72. The monoisotopic (exact) mass is 332 g/mol. The second-order valence-electron chi connectivity index (χ2n) is 4.16. The molecule has 0 saturated heterocycles. The highest BCUT2D eigenvalue weighted by Gasteiger charge is 2.00. The van der Waals surface area contributed by atoms with Gasteiger partial charge in [0.1, 0.15) is 5.03 Å². The Morgan fingerprint density at radius 2 is 2.28 bits per heavy atom. The van der Waals surface area contributed by atoms with Gasteiger partial charge in [-0.2, -0.15) is 0 Å². The fraction of sp³-hybridized carbons (Fsp3) is 0.615. The summed E-state index contributed by atoms with van der Waals surface area (Å²) in [6.45, 7) is 6.97. The molecule has 1 N–H and O–H groups in total. The Bertz CT molecular complexity index is 337. The van der Waals surface area contributed by atoms with Gasteiger partial charge >= 0.3 is 0 Å². The Balaban J connectivity index is 1.98. The number of rotatable bonds is 9. The van der Waals surface area contributed by atoms with Gasteiger partial charge in [-0.1, -0.05) is 0 Å². The van der Waals surface area contributed by atoms with E-state index in [1.165, 1.54) is 0 Å². The van der Waals surface area contributed by atoms with Crippen molar-refractivity contribution in [1.29, 1.82) is 0 Å². The first-order valence-corrected chi connectivity index (χ1v) is 8.03. The first-order chi connectivity index (χ1) is 8.70. The van der Waals surface area contributed by atoms with Crippen molar-refractivity contribution in [3.63, 3.8) is 0 Å². The Labute approximate surface area is 122 Å². The minimum absolute atomic E-state index is 0.335. The van der Waals surface area contributed by atoms with Gasteiger partial charge in [-0.25, -0.2) is 4.98 Å². The maximum Gasteiger partial charge on any atom is 0.110 e. The zero-order chi connectivity index (χ0) is 13.2. The number of hydrogen-bond donors (Lipinski definition) is 1. The number of nitrogens with one attached hydrogen (secondary N) is 1. The molecule has 1 rings (SSSR count). The van der Waals surface area contributed by atoms with E-state index in [4.69, 9.17) is 4.74 Å². The molecule has 102 valence electrons. The molecule has 0 aliphatic rings. The van der Waals surface area contributed by atoms with Gasteiger partial charge in [0.2, 0.25) is 0 Å². The Kier molecular flexibility index (Phi) is 8.67. The van der Waals surface area contributed by atoms with Crippen molar-refractivity contribution in [2.45, 2.75) is 31.4 Å². The van der Waals surface area contributed by atoms with E-state index in [1.807, 2.05) is 18.3 Å². The molecule has 0 aromatic carbocycles. The summed E-state index contributed by atoms with van der Waals surface area (Å²) < 4.78 is 6.54. The highest BCUT2D eigenvalue weighted by molar-refractivity contribution is 9.10. The third-order valence-corrected chi connectivity index (χ3v) is 4.10. The minimum atomic E-state index is 0.335. The summed E-state index contributed by atoms with van der Waals surface area (Å²) >= 11 is 5.26. The van der Waals surface area contributed by atoms with Gasteiger partial charge in [-0.15, -0.1) is 11.8 Å². The third-order valence-electron chi connectivity index (χ3n) is 2.19. The third kappa shape index (κ3) is 7.36. The molecule has 3 nitrogen and oxygen atoms in total.